The summed E-state index contributed by atoms with van der Waals surface area (Å²) in [5.74, 6) is 0.175. The van der Waals surface area contributed by atoms with Gasteiger partial charge in [0.25, 0.3) is 0 Å². The maximum absolute atomic E-state index is 10.6. The number of carbonyl (C=O) groups is 1. The van der Waals surface area contributed by atoms with Gasteiger partial charge in [-0.05, 0) is 37.5 Å². The highest BCUT2D eigenvalue weighted by molar-refractivity contribution is 7.99. The maximum atomic E-state index is 10.6. The first-order valence-corrected chi connectivity index (χ1v) is 6.85. The monoisotopic (exact) mass is 252 g/mol. The Balaban J connectivity index is 2.66. The first-order valence-electron chi connectivity index (χ1n) is 5.80. The maximum Gasteiger partial charge on any atom is 0.304 e. The molecule has 0 saturated heterocycles. The summed E-state index contributed by atoms with van der Waals surface area (Å²) in [5.41, 5.74) is 5.24. The molecule has 1 aromatic rings. The van der Waals surface area contributed by atoms with Gasteiger partial charge >= 0.3 is 5.97 Å². The third-order valence-electron chi connectivity index (χ3n) is 2.81. The summed E-state index contributed by atoms with van der Waals surface area (Å²) in [6, 6.07) is 4.37. The van der Waals surface area contributed by atoms with Crippen molar-refractivity contribution in [1.82, 2.24) is 0 Å². The van der Waals surface area contributed by atoms with E-state index in [-0.39, 0.29) is 11.7 Å². The van der Waals surface area contributed by atoms with Gasteiger partial charge in [-0.3, -0.25) is 4.79 Å². The fourth-order valence-electron chi connectivity index (χ4n) is 1.97. The number of carboxylic acid groups (broad SMARTS) is 1. The second kappa shape index (κ2) is 6.10. The largest absolute Gasteiger partial charge is 0.481 e. The number of hydrogen-bond acceptors (Lipinski definition) is 2. The van der Waals surface area contributed by atoms with Crippen LogP contribution in [0.2, 0.25) is 0 Å². The van der Waals surface area contributed by atoms with Crippen LogP contribution in [0.3, 0.4) is 0 Å². The van der Waals surface area contributed by atoms with Gasteiger partial charge in [0.05, 0.1) is 6.42 Å². The standard InChI is InChI=1S/C14H20O2S/c1-9-5-10(2)13(11(3)6-9)8-17-12(4)7-14(15)16/h5-6,12H,7-8H2,1-4H3,(H,15,16). The Morgan fingerprint density at radius 1 is 1.29 bits per heavy atom. The Kier molecular flexibility index (Phi) is 5.06. The number of rotatable bonds is 5. The number of aliphatic carboxylic acids is 1. The molecule has 0 radical (unpaired) electrons. The van der Waals surface area contributed by atoms with Crippen LogP contribution in [0.1, 0.15) is 35.6 Å². The van der Waals surface area contributed by atoms with E-state index in [1.165, 1.54) is 22.3 Å². The first kappa shape index (κ1) is 14.1. The van der Waals surface area contributed by atoms with Crippen molar-refractivity contribution in [1.29, 1.82) is 0 Å². The molecule has 0 aliphatic carbocycles. The Hall–Kier alpha value is -0.960. The molecule has 0 aliphatic heterocycles. The van der Waals surface area contributed by atoms with E-state index >= 15 is 0 Å². The lowest BCUT2D eigenvalue weighted by atomic mass is 10.0. The predicted octanol–water partition coefficient (Wildman–Crippen LogP) is 3.71. The van der Waals surface area contributed by atoms with Crippen LogP contribution in [0.25, 0.3) is 0 Å². The minimum Gasteiger partial charge on any atom is -0.481 e. The molecule has 1 aromatic carbocycles. The third-order valence-corrected chi connectivity index (χ3v) is 4.01. The molecule has 0 heterocycles. The highest BCUT2D eigenvalue weighted by atomic mass is 32.2. The molecule has 0 saturated carbocycles. The Morgan fingerprint density at radius 2 is 1.82 bits per heavy atom. The lowest BCUT2D eigenvalue weighted by Gasteiger charge is -2.13. The number of thioether (sulfide) groups is 1. The number of aryl methyl sites for hydroxylation is 3. The average molecular weight is 252 g/mol. The summed E-state index contributed by atoms with van der Waals surface area (Å²) in [5, 5.41) is 8.87. The smallest absolute Gasteiger partial charge is 0.304 e. The van der Waals surface area contributed by atoms with Crippen LogP contribution in [0.4, 0.5) is 0 Å². The fourth-order valence-corrected chi connectivity index (χ4v) is 3.13. The summed E-state index contributed by atoms with van der Waals surface area (Å²) in [6.07, 6.45) is 0.231. The number of hydrogen-bond donors (Lipinski definition) is 1. The van der Waals surface area contributed by atoms with Crippen molar-refractivity contribution in [3.05, 3.63) is 34.4 Å². The van der Waals surface area contributed by atoms with E-state index in [1.54, 1.807) is 11.8 Å². The van der Waals surface area contributed by atoms with Crippen LogP contribution in [0.5, 0.6) is 0 Å². The van der Waals surface area contributed by atoms with E-state index in [0.717, 1.165) is 5.75 Å². The van der Waals surface area contributed by atoms with Gasteiger partial charge in [-0.15, -0.1) is 0 Å². The van der Waals surface area contributed by atoms with Crippen molar-refractivity contribution in [2.75, 3.05) is 0 Å². The van der Waals surface area contributed by atoms with E-state index in [4.69, 9.17) is 5.11 Å². The molecule has 1 atom stereocenters. The summed E-state index contributed by atoms with van der Waals surface area (Å²) in [7, 11) is 0. The molecule has 0 aromatic heterocycles. The Labute approximate surface area is 107 Å². The Morgan fingerprint density at radius 3 is 2.29 bits per heavy atom. The van der Waals surface area contributed by atoms with Gasteiger partial charge in [0, 0.05) is 11.0 Å². The minimum absolute atomic E-state index is 0.160. The molecule has 2 nitrogen and oxygen atoms in total. The minimum atomic E-state index is -0.720. The lowest BCUT2D eigenvalue weighted by Crippen LogP contribution is -2.06. The molecule has 17 heavy (non-hydrogen) atoms. The highest BCUT2D eigenvalue weighted by Gasteiger charge is 2.10. The second-order valence-electron chi connectivity index (χ2n) is 4.60. The summed E-state index contributed by atoms with van der Waals surface area (Å²) < 4.78 is 0. The number of benzene rings is 1. The van der Waals surface area contributed by atoms with Gasteiger partial charge in [0.2, 0.25) is 0 Å². The lowest BCUT2D eigenvalue weighted by molar-refractivity contribution is -0.136. The van der Waals surface area contributed by atoms with Gasteiger partial charge in [-0.2, -0.15) is 11.8 Å². The quantitative estimate of drug-likeness (QED) is 0.868. The van der Waals surface area contributed by atoms with Crippen molar-refractivity contribution in [2.24, 2.45) is 0 Å². The molecule has 0 bridgehead atoms. The Bertz CT molecular complexity index is 390. The normalized spacial score (nSPS) is 12.5. The summed E-state index contributed by atoms with van der Waals surface area (Å²) in [4.78, 5) is 10.6. The van der Waals surface area contributed by atoms with Gasteiger partial charge in [0.15, 0.2) is 0 Å². The molecular formula is C14H20O2S. The van der Waals surface area contributed by atoms with Crippen molar-refractivity contribution in [3.63, 3.8) is 0 Å². The molecule has 3 heteroatoms. The van der Waals surface area contributed by atoms with Gasteiger partial charge in [0.1, 0.15) is 0 Å². The van der Waals surface area contributed by atoms with Crippen molar-refractivity contribution in [2.45, 2.75) is 45.1 Å². The predicted molar refractivity (Wildman–Crippen MR) is 73.7 cm³/mol. The second-order valence-corrected chi connectivity index (χ2v) is 6.02. The van der Waals surface area contributed by atoms with E-state index in [1.807, 2.05) is 6.92 Å². The zero-order valence-corrected chi connectivity index (χ0v) is 11.7. The average Bonchev–Trinajstić information content (AvgIpc) is 2.14. The molecule has 0 aliphatic rings. The topological polar surface area (TPSA) is 37.3 Å². The van der Waals surface area contributed by atoms with E-state index in [2.05, 4.69) is 32.9 Å². The van der Waals surface area contributed by atoms with Crippen LogP contribution < -0.4 is 0 Å². The molecular weight excluding hydrogens is 232 g/mol. The summed E-state index contributed by atoms with van der Waals surface area (Å²) in [6.45, 7) is 8.32. The SMILES string of the molecule is Cc1cc(C)c(CSC(C)CC(=O)O)c(C)c1. The molecule has 1 rings (SSSR count). The molecule has 0 spiro atoms. The third kappa shape index (κ3) is 4.43. The molecule has 1 unspecified atom stereocenters. The zero-order valence-electron chi connectivity index (χ0n) is 10.9. The summed E-state index contributed by atoms with van der Waals surface area (Å²) >= 11 is 1.71. The van der Waals surface area contributed by atoms with E-state index < -0.39 is 5.97 Å². The zero-order chi connectivity index (χ0) is 13.0. The van der Waals surface area contributed by atoms with Gasteiger partial charge < -0.3 is 5.11 Å². The molecule has 0 amide bonds. The molecule has 0 fully saturated rings. The molecule has 94 valence electrons. The fraction of sp³-hybridized carbons (Fsp3) is 0.500. The first-order chi connectivity index (χ1) is 7.90. The van der Waals surface area contributed by atoms with Crippen molar-refractivity contribution >= 4 is 17.7 Å². The molecule has 1 N–H and O–H groups in total. The van der Waals surface area contributed by atoms with Crippen molar-refractivity contribution in [3.8, 4) is 0 Å². The van der Waals surface area contributed by atoms with Gasteiger partial charge in [-0.1, -0.05) is 24.6 Å². The van der Waals surface area contributed by atoms with E-state index in [0.29, 0.717) is 0 Å². The van der Waals surface area contributed by atoms with Crippen LogP contribution in [0, 0.1) is 20.8 Å². The van der Waals surface area contributed by atoms with Gasteiger partial charge in [-0.25, -0.2) is 0 Å². The van der Waals surface area contributed by atoms with Crippen LogP contribution in [0.15, 0.2) is 12.1 Å². The van der Waals surface area contributed by atoms with Crippen molar-refractivity contribution < 1.29 is 9.90 Å². The van der Waals surface area contributed by atoms with Crippen LogP contribution in [-0.4, -0.2) is 16.3 Å². The van der Waals surface area contributed by atoms with Crippen LogP contribution in [-0.2, 0) is 10.5 Å². The highest BCUT2D eigenvalue weighted by Crippen LogP contribution is 2.25. The number of carboxylic acids is 1. The van der Waals surface area contributed by atoms with E-state index in [9.17, 15) is 4.79 Å². The van der Waals surface area contributed by atoms with Crippen LogP contribution >= 0.6 is 11.8 Å².